The van der Waals surface area contributed by atoms with Gasteiger partial charge in [-0.25, -0.2) is 4.79 Å². The molecule has 3 rings (SSSR count). The predicted octanol–water partition coefficient (Wildman–Crippen LogP) is 2.87. The van der Waals surface area contributed by atoms with Crippen molar-refractivity contribution in [1.82, 2.24) is 10.2 Å². The second-order valence-electron chi connectivity index (χ2n) is 6.12. The van der Waals surface area contributed by atoms with Crippen LogP contribution in [0.4, 0.5) is 4.79 Å². The zero-order valence-electron chi connectivity index (χ0n) is 14.2. The van der Waals surface area contributed by atoms with Gasteiger partial charge in [-0.2, -0.15) is 0 Å². The maximum Gasteiger partial charge on any atom is 0.325 e. The molecule has 1 fully saturated rings. The van der Waals surface area contributed by atoms with Gasteiger partial charge in [0.25, 0.3) is 5.91 Å². The van der Waals surface area contributed by atoms with Crippen LogP contribution in [0.2, 0.25) is 0 Å². The van der Waals surface area contributed by atoms with Gasteiger partial charge in [-0.1, -0.05) is 12.1 Å². The SMILES string of the molecule is COc1ccc(CN2C(=O)N[C@](C)(c3cc(C)oc3C)C2=O)cc1. The quantitative estimate of drug-likeness (QED) is 0.876. The van der Waals surface area contributed by atoms with Crippen LogP contribution in [0.1, 0.15) is 29.6 Å². The number of nitrogens with one attached hydrogen (secondary N) is 1. The fourth-order valence-electron chi connectivity index (χ4n) is 3.06. The Kier molecular flexibility index (Phi) is 3.83. The number of furan rings is 1. The van der Waals surface area contributed by atoms with E-state index in [0.717, 1.165) is 11.3 Å². The first-order valence-electron chi connectivity index (χ1n) is 7.69. The molecule has 0 unspecified atom stereocenters. The summed E-state index contributed by atoms with van der Waals surface area (Å²) in [4.78, 5) is 26.5. The molecule has 0 radical (unpaired) electrons. The molecule has 1 aromatic heterocycles. The van der Waals surface area contributed by atoms with Gasteiger partial charge in [0.15, 0.2) is 0 Å². The Morgan fingerprint density at radius 1 is 1.21 bits per heavy atom. The van der Waals surface area contributed by atoms with Gasteiger partial charge in [-0.3, -0.25) is 9.69 Å². The highest BCUT2D eigenvalue weighted by Gasteiger charge is 2.50. The van der Waals surface area contributed by atoms with E-state index in [1.807, 2.05) is 19.1 Å². The number of methoxy groups -OCH3 is 1. The Labute approximate surface area is 140 Å². The van der Waals surface area contributed by atoms with Gasteiger partial charge in [0.1, 0.15) is 22.8 Å². The van der Waals surface area contributed by atoms with Crippen molar-refractivity contribution in [2.75, 3.05) is 7.11 Å². The fourth-order valence-corrected chi connectivity index (χ4v) is 3.06. The largest absolute Gasteiger partial charge is 0.497 e. The van der Waals surface area contributed by atoms with Crippen molar-refractivity contribution in [1.29, 1.82) is 0 Å². The minimum atomic E-state index is -1.11. The number of urea groups is 1. The first-order chi connectivity index (χ1) is 11.3. The lowest BCUT2D eigenvalue weighted by molar-refractivity contribution is -0.131. The van der Waals surface area contributed by atoms with E-state index in [1.54, 1.807) is 39.2 Å². The lowest BCUT2D eigenvalue weighted by Gasteiger charge is -2.21. The minimum absolute atomic E-state index is 0.208. The summed E-state index contributed by atoms with van der Waals surface area (Å²) in [6, 6.07) is 8.67. The molecule has 1 N–H and O–H groups in total. The number of carbonyl (C=O) groups is 2. The van der Waals surface area contributed by atoms with Gasteiger partial charge < -0.3 is 14.5 Å². The molecule has 2 heterocycles. The Morgan fingerprint density at radius 3 is 2.42 bits per heavy atom. The van der Waals surface area contributed by atoms with Crippen molar-refractivity contribution in [2.45, 2.75) is 32.9 Å². The summed E-state index contributed by atoms with van der Waals surface area (Å²) in [6.45, 7) is 5.52. The zero-order chi connectivity index (χ0) is 17.5. The zero-order valence-corrected chi connectivity index (χ0v) is 14.2. The van der Waals surface area contributed by atoms with Crippen molar-refractivity contribution < 1.29 is 18.7 Å². The first kappa shape index (κ1) is 16.1. The topological polar surface area (TPSA) is 71.8 Å². The van der Waals surface area contributed by atoms with E-state index < -0.39 is 11.6 Å². The van der Waals surface area contributed by atoms with Crippen LogP contribution in [0.15, 0.2) is 34.7 Å². The number of nitrogens with zero attached hydrogens (tertiary/aromatic N) is 1. The van der Waals surface area contributed by atoms with Crippen LogP contribution in [0.3, 0.4) is 0 Å². The van der Waals surface area contributed by atoms with Crippen molar-refractivity contribution in [3.05, 3.63) is 53.0 Å². The number of carbonyl (C=O) groups excluding carboxylic acids is 2. The van der Waals surface area contributed by atoms with E-state index in [1.165, 1.54) is 4.90 Å². The molecule has 3 amide bonds. The van der Waals surface area contributed by atoms with Crippen LogP contribution in [0.5, 0.6) is 5.75 Å². The summed E-state index contributed by atoms with van der Waals surface area (Å²) < 4.78 is 10.6. The third-order valence-electron chi connectivity index (χ3n) is 4.35. The predicted molar refractivity (Wildman–Crippen MR) is 87.6 cm³/mol. The van der Waals surface area contributed by atoms with Crippen molar-refractivity contribution >= 4 is 11.9 Å². The Balaban J connectivity index is 1.87. The van der Waals surface area contributed by atoms with Gasteiger partial charge in [-0.05, 0) is 44.5 Å². The number of hydrogen-bond donors (Lipinski definition) is 1. The lowest BCUT2D eigenvalue weighted by atomic mass is 9.92. The van der Waals surface area contributed by atoms with Crippen LogP contribution in [-0.4, -0.2) is 23.9 Å². The van der Waals surface area contributed by atoms with Crippen molar-refractivity contribution in [3.63, 3.8) is 0 Å². The molecule has 0 bridgehead atoms. The van der Waals surface area contributed by atoms with Gasteiger partial charge >= 0.3 is 6.03 Å². The molecular weight excluding hydrogens is 308 g/mol. The van der Waals surface area contributed by atoms with E-state index in [9.17, 15) is 9.59 Å². The summed E-state index contributed by atoms with van der Waals surface area (Å²) in [5.41, 5.74) is 0.435. The molecule has 0 saturated carbocycles. The minimum Gasteiger partial charge on any atom is -0.497 e. The smallest absolute Gasteiger partial charge is 0.325 e. The fraction of sp³-hybridized carbons (Fsp3) is 0.333. The Bertz CT molecular complexity index is 794. The summed E-state index contributed by atoms with van der Waals surface area (Å²) in [5.74, 6) is 1.78. The second kappa shape index (κ2) is 5.70. The normalized spacial score (nSPS) is 20.4. The highest BCUT2D eigenvalue weighted by molar-refractivity contribution is 6.07. The summed E-state index contributed by atoms with van der Waals surface area (Å²) in [7, 11) is 1.59. The Morgan fingerprint density at radius 2 is 1.88 bits per heavy atom. The molecule has 0 spiro atoms. The number of aryl methyl sites for hydroxylation is 2. The average molecular weight is 328 g/mol. The number of benzene rings is 1. The molecule has 1 aromatic carbocycles. The Hall–Kier alpha value is -2.76. The van der Waals surface area contributed by atoms with Crippen LogP contribution in [-0.2, 0) is 16.9 Å². The van der Waals surface area contributed by atoms with Gasteiger partial charge in [-0.15, -0.1) is 0 Å². The molecule has 1 aliphatic heterocycles. The van der Waals surface area contributed by atoms with E-state index in [-0.39, 0.29) is 12.5 Å². The number of ether oxygens (including phenoxy) is 1. The number of rotatable bonds is 4. The maximum atomic E-state index is 12.9. The van der Waals surface area contributed by atoms with E-state index in [0.29, 0.717) is 17.1 Å². The molecule has 24 heavy (non-hydrogen) atoms. The molecule has 1 aliphatic rings. The molecule has 1 saturated heterocycles. The maximum absolute atomic E-state index is 12.9. The second-order valence-corrected chi connectivity index (χ2v) is 6.12. The number of imide groups is 1. The van der Waals surface area contributed by atoms with Gasteiger partial charge in [0.05, 0.1) is 13.7 Å². The number of hydrogen-bond acceptors (Lipinski definition) is 4. The van der Waals surface area contributed by atoms with E-state index in [2.05, 4.69) is 5.32 Å². The highest BCUT2D eigenvalue weighted by atomic mass is 16.5. The number of amides is 3. The third-order valence-corrected chi connectivity index (χ3v) is 4.35. The van der Waals surface area contributed by atoms with Gasteiger partial charge in [0.2, 0.25) is 0 Å². The molecule has 6 heteroatoms. The van der Waals surface area contributed by atoms with Crippen LogP contribution >= 0.6 is 0 Å². The van der Waals surface area contributed by atoms with Crippen LogP contribution < -0.4 is 10.1 Å². The average Bonchev–Trinajstić information content (AvgIpc) is 3.00. The highest BCUT2D eigenvalue weighted by Crippen LogP contribution is 2.33. The molecule has 1 atom stereocenters. The lowest BCUT2D eigenvalue weighted by Crippen LogP contribution is -2.41. The summed E-state index contributed by atoms with van der Waals surface area (Å²) >= 11 is 0. The summed E-state index contributed by atoms with van der Waals surface area (Å²) in [5, 5.41) is 2.80. The van der Waals surface area contributed by atoms with Gasteiger partial charge in [0, 0.05) is 5.56 Å². The van der Waals surface area contributed by atoms with E-state index >= 15 is 0 Å². The molecule has 2 aromatic rings. The van der Waals surface area contributed by atoms with E-state index in [4.69, 9.17) is 9.15 Å². The monoisotopic (exact) mass is 328 g/mol. The van der Waals surface area contributed by atoms with Crippen molar-refractivity contribution in [2.24, 2.45) is 0 Å². The first-order valence-corrected chi connectivity index (χ1v) is 7.69. The molecule has 126 valence electrons. The summed E-state index contributed by atoms with van der Waals surface area (Å²) in [6.07, 6.45) is 0. The molecular formula is C18H20N2O4. The third kappa shape index (κ3) is 2.54. The van der Waals surface area contributed by atoms with Crippen LogP contribution in [0, 0.1) is 13.8 Å². The van der Waals surface area contributed by atoms with Crippen molar-refractivity contribution in [3.8, 4) is 5.75 Å². The molecule has 0 aliphatic carbocycles. The standard InChI is InChI=1S/C18H20N2O4/c1-11-9-15(12(2)24-11)18(3)16(21)20(17(22)19-18)10-13-5-7-14(23-4)8-6-13/h5-9H,10H2,1-4H3,(H,19,22)/t18-/m1/s1. The van der Waals surface area contributed by atoms with Crippen LogP contribution in [0.25, 0.3) is 0 Å². The molecule has 6 nitrogen and oxygen atoms in total.